The maximum atomic E-state index is 12.9. The van der Waals surface area contributed by atoms with E-state index in [0.29, 0.717) is 37.9 Å². The van der Waals surface area contributed by atoms with Crippen LogP contribution in [0.25, 0.3) is 0 Å². The first-order chi connectivity index (χ1) is 14.8. The molecule has 174 valence electrons. The van der Waals surface area contributed by atoms with E-state index >= 15 is 0 Å². The van der Waals surface area contributed by atoms with Crippen molar-refractivity contribution in [3.63, 3.8) is 0 Å². The normalized spacial score (nSPS) is 23.0. The largest absolute Gasteiger partial charge is 0.433 e. The standard InChI is InChI=1S/C22H33F3N4O2/c1-31-16-10-21(30)26-18-7-5-17(6-8-18)9-11-28-12-14-29(15-13-28)20-4-2-3-19(27-20)22(23,24)25/h2-4,17-18H,5-16H2,1H3,(H,26,30). The SMILES string of the molecule is COCCC(=O)NC1CCC(CCN2CCN(c3cccc(C(F)(F)F)n3)CC2)CC1. The number of nitrogens with one attached hydrogen (secondary N) is 1. The van der Waals surface area contributed by atoms with Crippen LogP contribution in [-0.2, 0) is 15.7 Å². The van der Waals surface area contributed by atoms with Gasteiger partial charge in [-0.2, -0.15) is 13.2 Å². The van der Waals surface area contributed by atoms with E-state index < -0.39 is 11.9 Å². The van der Waals surface area contributed by atoms with Gasteiger partial charge in [0.15, 0.2) is 0 Å². The molecule has 2 fully saturated rings. The summed E-state index contributed by atoms with van der Waals surface area (Å²) in [4.78, 5) is 19.9. The number of amides is 1. The zero-order chi connectivity index (χ0) is 22.3. The van der Waals surface area contributed by atoms with E-state index in [-0.39, 0.29) is 11.9 Å². The van der Waals surface area contributed by atoms with Gasteiger partial charge in [0.25, 0.3) is 0 Å². The maximum absolute atomic E-state index is 12.9. The third kappa shape index (κ3) is 7.35. The number of halogens is 3. The molecule has 0 aromatic carbocycles. The van der Waals surface area contributed by atoms with E-state index in [1.807, 2.05) is 4.90 Å². The van der Waals surface area contributed by atoms with Crippen molar-refractivity contribution < 1.29 is 22.7 Å². The van der Waals surface area contributed by atoms with Gasteiger partial charge >= 0.3 is 6.18 Å². The first-order valence-electron chi connectivity index (χ1n) is 11.1. The molecule has 0 spiro atoms. The number of hydrogen-bond acceptors (Lipinski definition) is 5. The molecule has 6 nitrogen and oxygen atoms in total. The molecule has 31 heavy (non-hydrogen) atoms. The van der Waals surface area contributed by atoms with Crippen LogP contribution in [0.2, 0.25) is 0 Å². The molecule has 1 amide bonds. The van der Waals surface area contributed by atoms with Crippen molar-refractivity contribution in [1.82, 2.24) is 15.2 Å². The lowest BCUT2D eigenvalue weighted by molar-refractivity contribution is -0.141. The number of carbonyl (C=O) groups is 1. The van der Waals surface area contributed by atoms with Crippen molar-refractivity contribution in [3.8, 4) is 0 Å². The summed E-state index contributed by atoms with van der Waals surface area (Å²) in [7, 11) is 1.60. The van der Waals surface area contributed by atoms with Gasteiger partial charge in [0, 0.05) is 45.8 Å². The predicted octanol–water partition coefficient (Wildman–Crippen LogP) is 3.32. The van der Waals surface area contributed by atoms with Crippen LogP contribution in [-0.4, -0.2) is 68.3 Å². The Kier molecular flexibility index (Phi) is 8.54. The lowest BCUT2D eigenvalue weighted by Gasteiger charge is -2.37. The topological polar surface area (TPSA) is 57.7 Å². The molecule has 3 rings (SSSR count). The smallest absolute Gasteiger partial charge is 0.384 e. The molecule has 0 unspecified atom stereocenters. The van der Waals surface area contributed by atoms with Crippen LogP contribution >= 0.6 is 0 Å². The minimum Gasteiger partial charge on any atom is -0.384 e. The number of alkyl halides is 3. The highest BCUT2D eigenvalue weighted by molar-refractivity contribution is 5.76. The van der Waals surface area contributed by atoms with E-state index in [1.54, 1.807) is 13.2 Å². The zero-order valence-corrected chi connectivity index (χ0v) is 18.2. The summed E-state index contributed by atoms with van der Waals surface area (Å²) >= 11 is 0. The molecule has 0 atom stereocenters. The number of carbonyl (C=O) groups excluding carboxylic acids is 1. The average molecular weight is 443 g/mol. The Morgan fingerprint density at radius 2 is 1.87 bits per heavy atom. The van der Waals surface area contributed by atoms with Crippen LogP contribution in [0.3, 0.4) is 0 Å². The summed E-state index contributed by atoms with van der Waals surface area (Å²) in [5.41, 5.74) is -0.835. The van der Waals surface area contributed by atoms with Gasteiger partial charge < -0.3 is 15.0 Å². The second-order valence-electron chi connectivity index (χ2n) is 8.52. The number of aromatic nitrogens is 1. The molecule has 0 bridgehead atoms. The minimum atomic E-state index is -4.41. The lowest BCUT2D eigenvalue weighted by Crippen LogP contribution is -2.47. The van der Waals surface area contributed by atoms with E-state index in [1.165, 1.54) is 6.07 Å². The molecule has 2 aliphatic rings. The third-order valence-electron chi connectivity index (χ3n) is 6.32. The van der Waals surface area contributed by atoms with Gasteiger partial charge in [-0.3, -0.25) is 9.69 Å². The molecule has 0 radical (unpaired) electrons. The summed E-state index contributed by atoms with van der Waals surface area (Å²) in [5, 5.41) is 3.10. The first-order valence-corrected chi connectivity index (χ1v) is 11.1. The highest BCUT2D eigenvalue weighted by atomic mass is 19.4. The van der Waals surface area contributed by atoms with Crippen LogP contribution < -0.4 is 10.2 Å². The van der Waals surface area contributed by atoms with Crippen LogP contribution in [0, 0.1) is 5.92 Å². The molecule has 1 aliphatic heterocycles. The molecule has 2 heterocycles. The van der Waals surface area contributed by atoms with Gasteiger partial charge in [-0.15, -0.1) is 0 Å². The second-order valence-corrected chi connectivity index (χ2v) is 8.52. The molecule has 1 N–H and O–H groups in total. The number of rotatable bonds is 8. The van der Waals surface area contributed by atoms with Crippen LogP contribution in [0.1, 0.15) is 44.2 Å². The molecule has 1 saturated heterocycles. The van der Waals surface area contributed by atoms with E-state index in [2.05, 4.69) is 15.2 Å². The molecule has 1 aromatic heterocycles. The first kappa shape index (κ1) is 23.8. The van der Waals surface area contributed by atoms with Crippen molar-refractivity contribution in [3.05, 3.63) is 23.9 Å². The zero-order valence-electron chi connectivity index (χ0n) is 18.2. The van der Waals surface area contributed by atoms with Gasteiger partial charge in [-0.1, -0.05) is 6.07 Å². The minimum absolute atomic E-state index is 0.0680. The Labute approximate surface area is 182 Å². The van der Waals surface area contributed by atoms with Crippen molar-refractivity contribution in [1.29, 1.82) is 0 Å². The van der Waals surface area contributed by atoms with Crippen molar-refractivity contribution in [2.24, 2.45) is 5.92 Å². The quantitative estimate of drug-likeness (QED) is 0.669. The van der Waals surface area contributed by atoms with E-state index in [9.17, 15) is 18.0 Å². The Balaban J connectivity index is 1.35. The van der Waals surface area contributed by atoms with Crippen LogP contribution in [0.15, 0.2) is 18.2 Å². The molecule has 1 saturated carbocycles. The third-order valence-corrected chi connectivity index (χ3v) is 6.32. The number of nitrogens with zero attached hydrogens (tertiary/aromatic N) is 3. The van der Waals surface area contributed by atoms with Crippen LogP contribution in [0.4, 0.5) is 19.0 Å². The van der Waals surface area contributed by atoms with Gasteiger partial charge in [0.1, 0.15) is 11.5 Å². The van der Waals surface area contributed by atoms with Gasteiger partial charge in [0.2, 0.25) is 5.91 Å². The lowest BCUT2D eigenvalue weighted by atomic mass is 9.84. The summed E-state index contributed by atoms with van der Waals surface area (Å²) in [6.45, 7) is 4.52. The number of hydrogen-bond donors (Lipinski definition) is 1. The van der Waals surface area contributed by atoms with E-state index in [0.717, 1.165) is 57.8 Å². The second kappa shape index (κ2) is 11.1. The summed E-state index contributed by atoms with van der Waals surface area (Å²) in [6.07, 6.45) is 1.44. The van der Waals surface area contributed by atoms with Crippen LogP contribution in [0.5, 0.6) is 0 Å². The number of anilines is 1. The number of methoxy groups -OCH3 is 1. The molecule has 1 aromatic rings. The van der Waals surface area contributed by atoms with Crippen molar-refractivity contribution in [2.45, 2.75) is 50.7 Å². The summed E-state index contributed by atoms with van der Waals surface area (Å²) < 4.78 is 43.6. The van der Waals surface area contributed by atoms with Gasteiger partial charge in [0.05, 0.1) is 6.61 Å². The van der Waals surface area contributed by atoms with Gasteiger partial charge in [-0.05, 0) is 56.7 Å². The summed E-state index contributed by atoms with van der Waals surface area (Å²) in [5.74, 6) is 1.15. The van der Waals surface area contributed by atoms with E-state index in [4.69, 9.17) is 4.74 Å². The molecule has 9 heteroatoms. The fourth-order valence-electron chi connectivity index (χ4n) is 4.41. The number of pyridine rings is 1. The Morgan fingerprint density at radius 3 is 2.52 bits per heavy atom. The maximum Gasteiger partial charge on any atom is 0.433 e. The molecular weight excluding hydrogens is 409 g/mol. The Hall–Kier alpha value is -1.87. The Morgan fingerprint density at radius 1 is 1.16 bits per heavy atom. The molecule has 1 aliphatic carbocycles. The average Bonchev–Trinajstić information content (AvgIpc) is 2.77. The van der Waals surface area contributed by atoms with Crippen molar-refractivity contribution in [2.75, 3.05) is 51.3 Å². The summed E-state index contributed by atoms with van der Waals surface area (Å²) in [6, 6.07) is 4.37. The Bertz CT molecular complexity index is 700. The highest BCUT2D eigenvalue weighted by Gasteiger charge is 2.33. The number of ether oxygens (including phenoxy) is 1. The fourth-order valence-corrected chi connectivity index (χ4v) is 4.41. The van der Waals surface area contributed by atoms with Gasteiger partial charge in [-0.25, -0.2) is 4.98 Å². The van der Waals surface area contributed by atoms with Crippen molar-refractivity contribution >= 4 is 11.7 Å². The highest BCUT2D eigenvalue weighted by Crippen LogP contribution is 2.30. The predicted molar refractivity (Wildman–Crippen MR) is 113 cm³/mol. The number of piperazine rings is 1. The monoisotopic (exact) mass is 442 g/mol. The molecular formula is C22H33F3N4O2. The fraction of sp³-hybridized carbons (Fsp3) is 0.727.